The molecule has 0 bridgehead atoms. The molecule has 0 saturated carbocycles. The summed E-state index contributed by atoms with van der Waals surface area (Å²) < 4.78 is 0. The van der Waals surface area contributed by atoms with Gasteiger partial charge in [-0.05, 0) is 30.4 Å². The Bertz CT molecular complexity index is 419. The van der Waals surface area contributed by atoms with E-state index in [0.717, 1.165) is 24.2 Å². The van der Waals surface area contributed by atoms with E-state index >= 15 is 0 Å². The van der Waals surface area contributed by atoms with Crippen molar-refractivity contribution in [3.8, 4) is 11.8 Å². The number of nitrogens with zero attached hydrogens (tertiary/aromatic N) is 1. The Morgan fingerprint density at radius 1 is 1.41 bits per heavy atom. The van der Waals surface area contributed by atoms with E-state index < -0.39 is 0 Å². The maximum absolute atomic E-state index is 9.59. The number of aromatic hydroxyl groups is 1. The molecule has 0 aromatic heterocycles. The standard InChI is InChI=1S/C14H20N2O/c1-11-5-6-12(9-13(11)17)16-10-14(2,3)7-4-8-15/h5-6,9,16-17H,4,7,10H2,1-3H3. The van der Waals surface area contributed by atoms with Gasteiger partial charge in [-0.3, -0.25) is 0 Å². The Kier molecular flexibility index (Phi) is 4.39. The normalized spacial score (nSPS) is 10.9. The van der Waals surface area contributed by atoms with Crippen molar-refractivity contribution in [1.82, 2.24) is 0 Å². The van der Waals surface area contributed by atoms with Gasteiger partial charge in [0.25, 0.3) is 0 Å². The summed E-state index contributed by atoms with van der Waals surface area (Å²) >= 11 is 0. The Hall–Kier alpha value is -1.69. The van der Waals surface area contributed by atoms with Gasteiger partial charge < -0.3 is 10.4 Å². The molecule has 0 unspecified atom stereocenters. The maximum Gasteiger partial charge on any atom is 0.120 e. The highest BCUT2D eigenvalue weighted by molar-refractivity contribution is 5.50. The summed E-state index contributed by atoms with van der Waals surface area (Å²) in [6.45, 7) is 6.92. The zero-order valence-electron chi connectivity index (χ0n) is 10.7. The van der Waals surface area contributed by atoms with Crippen LogP contribution >= 0.6 is 0 Å². The number of nitrogens with one attached hydrogen (secondary N) is 1. The highest BCUT2D eigenvalue weighted by Crippen LogP contribution is 2.25. The predicted molar refractivity (Wildman–Crippen MR) is 70.0 cm³/mol. The van der Waals surface area contributed by atoms with E-state index in [2.05, 4.69) is 25.2 Å². The molecule has 1 rings (SSSR count). The molecule has 0 aliphatic heterocycles. The third-order valence-electron chi connectivity index (χ3n) is 2.89. The number of phenolic OH excluding ortho intramolecular Hbond substituents is 1. The first-order chi connectivity index (χ1) is 7.94. The number of hydrogen-bond donors (Lipinski definition) is 2. The number of anilines is 1. The van der Waals surface area contributed by atoms with Crippen molar-refractivity contribution in [2.45, 2.75) is 33.6 Å². The van der Waals surface area contributed by atoms with Gasteiger partial charge in [-0.25, -0.2) is 0 Å². The molecule has 0 aliphatic carbocycles. The van der Waals surface area contributed by atoms with Gasteiger partial charge in [0.2, 0.25) is 0 Å². The van der Waals surface area contributed by atoms with Gasteiger partial charge in [0, 0.05) is 24.7 Å². The monoisotopic (exact) mass is 232 g/mol. The Labute approximate surface area is 103 Å². The highest BCUT2D eigenvalue weighted by Gasteiger charge is 2.17. The molecular weight excluding hydrogens is 212 g/mol. The fourth-order valence-electron chi connectivity index (χ4n) is 1.54. The third kappa shape index (κ3) is 4.36. The van der Waals surface area contributed by atoms with Gasteiger partial charge in [0.1, 0.15) is 5.75 Å². The summed E-state index contributed by atoms with van der Waals surface area (Å²) in [7, 11) is 0. The van der Waals surface area contributed by atoms with Gasteiger partial charge in [-0.2, -0.15) is 5.26 Å². The average molecular weight is 232 g/mol. The van der Waals surface area contributed by atoms with Crippen molar-refractivity contribution in [3.05, 3.63) is 23.8 Å². The van der Waals surface area contributed by atoms with Crippen LogP contribution in [0, 0.1) is 23.7 Å². The van der Waals surface area contributed by atoms with E-state index in [4.69, 9.17) is 5.26 Å². The minimum atomic E-state index is 0.0796. The smallest absolute Gasteiger partial charge is 0.120 e. The van der Waals surface area contributed by atoms with Gasteiger partial charge in [0.05, 0.1) is 6.07 Å². The fourth-order valence-corrected chi connectivity index (χ4v) is 1.54. The summed E-state index contributed by atoms with van der Waals surface area (Å²) in [5.74, 6) is 0.310. The predicted octanol–water partition coefficient (Wildman–Crippen LogP) is 3.44. The lowest BCUT2D eigenvalue weighted by Crippen LogP contribution is -2.22. The molecule has 0 radical (unpaired) electrons. The third-order valence-corrected chi connectivity index (χ3v) is 2.89. The van der Waals surface area contributed by atoms with Crippen LogP contribution in [0.3, 0.4) is 0 Å². The molecule has 3 heteroatoms. The van der Waals surface area contributed by atoms with Crippen LogP contribution < -0.4 is 5.32 Å². The van der Waals surface area contributed by atoms with E-state index in [1.807, 2.05) is 19.1 Å². The van der Waals surface area contributed by atoms with Crippen LogP contribution in [0.15, 0.2) is 18.2 Å². The van der Waals surface area contributed by atoms with E-state index in [1.54, 1.807) is 6.07 Å². The first-order valence-corrected chi connectivity index (χ1v) is 5.85. The number of benzene rings is 1. The molecule has 0 spiro atoms. The SMILES string of the molecule is Cc1ccc(NCC(C)(C)CCC#N)cc1O. The zero-order valence-corrected chi connectivity index (χ0v) is 10.7. The largest absolute Gasteiger partial charge is 0.508 e. The van der Waals surface area contributed by atoms with Crippen LogP contribution in [0.2, 0.25) is 0 Å². The summed E-state index contributed by atoms with van der Waals surface area (Å²) in [6, 6.07) is 7.75. The Balaban J connectivity index is 2.55. The van der Waals surface area contributed by atoms with Crippen LogP contribution in [0.1, 0.15) is 32.3 Å². The van der Waals surface area contributed by atoms with Gasteiger partial charge in [0.15, 0.2) is 0 Å². The molecule has 0 aliphatic rings. The van der Waals surface area contributed by atoms with Crippen LogP contribution in [-0.4, -0.2) is 11.7 Å². The topological polar surface area (TPSA) is 56.0 Å². The number of phenols is 1. The second kappa shape index (κ2) is 5.58. The van der Waals surface area contributed by atoms with Crippen molar-refractivity contribution >= 4 is 5.69 Å². The lowest BCUT2D eigenvalue weighted by Gasteiger charge is -2.24. The Morgan fingerprint density at radius 3 is 2.71 bits per heavy atom. The van der Waals surface area contributed by atoms with Crippen LogP contribution in [0.25, 0.3) is 0 Å². The zero-order chi connectivity index (χ0) is 12.9. The van der Waals surface area contributed by atoms with Crippen LogP contribution in [0.5, 0.6) is 5.75 Å². The van der Waals surface area contributed by atoms with Crippen molar-refractivity contribution in [3.63, 3.8) is 0 Å². The highest BCUT2D eigenvalue weighted by atomic mass is 16.3. The lowest BCUT2D eigenvalue weighted by molar-refractivity contribution is 0.363. The van der Waals surface area contributed by atoms with E-state index in [0.29, 0.717) is 12.2 Å². The molecule has 0 heterocycles. The molecular formula is C14H20N2O. The van der Waals surface area contributed by atoms with Gasteiger partial charge >= 0.3 is 0 Å². The molecule has 17 heavy (non-hydrogen) atoms. The summed E-state index contributed by atoms with van der Waals surface area (Å²) in [4.78, 5) is 0. The number of aryl methyl sites for hydroxylation is 1. The van der Waals surface area contributed by atoms with Gasteiger partial charge in [-0.15, -0.1) is 0 Å². The summed E-state index contributed by atoms with van der Waals surface area (Å²) in [5.41, 5.74) is 1.87. The molecule has 3 nitrogen and oxygen atoms in total. The maximum atomic E-state index is 9.59. The number of rotatable bonds is 5. The molecule has 1 aromatic rings. The lowest BCUT2D eigenvalue weighted by atomic mass is 9.88. The molecule has 0 atom stereocenters. The average Bonchev–Trinajstić information content (AvgIpc) is 2.28. The van der Waals surface area contributed by atoms with Crippen molar-refractivity contribution in [2.24, 2.45) is 5.41 Å². The molecule has 92 valence electrons. The van der Waals surface area contributed by atoms with Crippen LogP contribution in [0.4, 0.5) is 5.69 Å². The number of nitriles is 1. The van der Waals surface area contributed by atoms with Crippen molar-refractivity contribution < 1.29 is 5.11 Å². The summed E-state index contributed by atoms with van der Waals surface area (Å²) in [5, 5.41) is 21.5. The van der Waals surface area contributed by atoms with E-state index in [-0.39, 0.29) is 5.41 Å². The second-order valence-electron chi connectivity index (χ2n) is 5.18. The van der Waals surface area contributed by atoms with E-state index in [1.165, 1.54) is 0 Å². The first-order valence-electron chi connectivity index (χ1n) is 5.85. The summed E-state index contributed by atoms with van der Waals surface area (Å²) in [6.07, 6.45) is 1.45. The Morgan fingerprint density at radius 2 is 2.12 bits per heavy atom. The second-order valence-corrected chi connectivity index (χ2v) is 5.18. The quantitative estimate of drug-likeness (QED) is 0.817. The first kappa shape index (κ1) is 13.4. The molecule has 1 aromatic carbocycles. The van der Waals surface area contributed by atoms with Crippen molar-refractivity contribution in [2.75, 3.05) is 11.9 Å². The van der Waals surface area contributed by atoms with Crippen LogP contribution in [-0.2, 0) is 0 Å². The minimum absolute atomic E-state index is 0.0796. The molecule has 0 amide bonds. The molecule has 0 fully saturated rings. The number of hydrogen-bond acceptors (Lipinski definition) is 3. The van der Waals surface area contributed by atoms with E-state index in [9.17, 15) is 5.11 Å². The van der Waals surface area contributed by atoms with Crippen molar-refractivity contribution in [1.29, 1.82) is 5.26 Å². The molecule has 2 N–H and O–H groups in total. The minimum Gasteiger partial charge on any atom is -0.508 e. The molecule has 0 saturated heterocycles. The fraction of sp³-hybridized carbons (Fsp3) is 0.500. The van der Waals surface area contributed by atoms with Gasteiger partial charge in [-0.1, -0.05) is 19.9 Å².